The molecule has 16 heavy (non-hydrogen) atoms. The number of nitrogens with zero attached hydrogens (tertiary/aromatic N) is 4. The van der Waals surface area contributed by atoms with Gasteiger partial charge in [0.1, 0.15) is 5.01 Å². The minimum Gasteiger partial charge on any atom is -0.312 e. The van der Waals surface area contributed by atoms with E-state index in [1.807, 2.05) is 6.92 Å². The fourth-order valence-electron chi connectivity index (χ4n) is 1.40. The average molecular weight is 239 g/mol. The summed E-state index contributed by atoms with van der Waals surface area (Å²) in [6.07, 6.45) is 0.935. The molecule has 0 bridgehead atoms. The van der Waals surface area contributed by atoms with Gasteiger partial charge in [-0.25, -0.2) is 0 Å². The minimum atomic E-state index is 0.162. The Hall–Kier alpha value is -1.01. The van der Waals surface area contributed by atoms with Gasteiger partial charge in [-0.1, -0.05) is 11.3 Å². The molecular formula is C10H17N5S. The lowest BCUT2D eigenvalue weighted by atomic mass is 10.1. The van der Waals surface area contributed by atoms with Crippen LogP contribution in [0.25, 0.3) is 4.96 Å². The molecule has 0 fully saturated rings. The quantitative estimate of drug-likeness (QED) is 0.880. The van der Waals surface area contributed by atoms with Crippen LogP contribution in [0.1, 0.15) is 31.6 Å². The molecule has 0 saturated heterocycles. The topological polar surface area (TPSA) is 55.1 Å². The van der Waals surface area contributed by atoms with Crippen LogP contribution in [-0.4, -0.2) is 31.9 Å². The summed E-state index contributed by atoms with van der Waals surface area (Å²) in [5.74, 6) is 0.848. The maximum atomic E-state index is 4.46. The Morgan fingerprint density at radius 2 is 2.06 bits per heavy atom. The van der Waals surface area contributed by atoms with Crippen LogP contribution in [0, 0.1) is 6.92 Å². The van der Waals surface area contributed by atoms with Gasteiger partial charge in [0.15, 0.2) is 5.82 Å². The van der Waals surface area contributed by atoms with E-state index >= 15 is 0 Å². The third kappa shape index (κ3) is 2.56. The number of hydrogen-bond donors (Lipinski definition) is 1. The molecule has 0 aliphatic carbocycles. The highest BCUT2D eigenvalue weighted by Gasteiger charge is 2.11. The molecule has 88 valence electrons. The standard InChI is InChI=1S/C10H17N5S/c1-7-12-13-9-15(7)14-8(16-9)5-6-11-10(2,3)4/h11H,5-6H2,1-4H3. The number of aryl methyl sites for hydroxylation is 1. The summed E-state index contributed by atoms with van der Waals surface area (Å²) in [5.41, 5.74) is 0.162. The first-order chi connectivity index (χ1) is 7.46. The van der Waals surface area contributed by atoms with Crippen LogP contribution in [0.5, 0.6) is 0 Å². The van der Waals surface area contributed by atoms with Gasteiger partial charge >= 0.3 is 0 Å². The van der Waals surface area contributed by atoms with Crippen LogP contribution in [0.4, 0.5) is 0 Å². The van der Waals surface area contributed by atoms with E-state index in [2.05, 4.69) is 41.4 Å². The molecule has 0 aromatic carbocycles. The van der Waals surface area contributed by atoms with Gasteiger partial charge in [0.05, 0.1) is 0 Å². The second-order valence-electron chi connectivity index (χ2n) is 4.86. The molecule has 0 unspecified atom stereocenters. The third-order valence-corrected chi connectivity index (χ3v) is 3.14. The van der Waals surface area contributed by atoms with Crippen LogP contribution in [-0.2, 0) is 6.42 Å². The van der Waals surface area contributed by atoms with Crippen molar-refractivity contribution in [1.82, 2.24) is 25.1 Å². The number of fused-ring (bicyclic) bond motifs is 1. The van der Waals surface area contributed by atoms with E-state index in [1.54, 1.807) is 15.9 Å². The summed E-state index contributed by atoms with van der Waals surface area (Å²) in [6, 6.07) is 0. The normalized spacial score (nSPS) is 12.5. The molecule has 0 radical (unpaired) electrons. The first kappa shape index (κ1) is 11.5. The smallest absolute Gasteiger partial charge is 0.234 e. The lowest BCUT2D eigenvalue weighted by Gasteiger charge is -2.19. The summed E-state index contributed by atoms with van der Waals surface area (Å²) < 4.78 is 1.80. The molecule has 2 aromatic rings. The monoisotopic (exact) mass is 239 g/mol. The summed E-state index contributed by atoms with van der Waals surface area (Å²) in [7, 11) is 0. The van der Waals surface area contributed by atoms with E-state index in [-0.39, 0.29) is 5.54 Å². The van der Waals surface area contributed by atoms with Gasteiger partial charge in [0.25, 0.3) is 0 Å². The average Bonchev–Trinajstić information content (AvgIpc) is 2.67. The van der Waals surface area contributed by atoms with Crippen LogP contribution in [0.15, 0.2) is 0 Å². The van der Waals surface area contributed by atoms with Gasteiger partial charge in [0, 0.05) is 18.5 Å². The van der Waals surface area contributed by atoms with E-state index in [4.69, 9.17) is 0 Å². The maximum Gasteiger partial charge on any atom is 0.234 e. The maximum absolute atomic E-state index is 4.46. The molecule has 2 aromatic heterocycles. The van der Waals surface area contributed by atoms with Gasteiger partial charge < -0.3 is 5.32 Å². The van der Waals surface area contributed by atoms with Crippen LogP contribution >= 0.6 is 11.3 Å². The van der Waals surface area contributed by atoms with E-state index in [0.29, 0.717) is 0 Å². The molecule has 2 heterocycles. The second kappa shape index (κ2) is 4.10. The molecule has 1 N–H and O–H groups in total. The summed E-state index contributed by atoms with van der Waals surface area (Å²) in [4.78, 5) is 0.878. The molecule has 5 nitrogen and oxygen atoms in total. The zero-order chi connectivity index (χ0) is 11.8. The van der Waals surface area contributed by atoms with Crippen LogP contribution in [0.2, 0.25) is 0 Å². The molecule has 0 amide bonds. The zero-order valence-corrected chi connectivity index (χ0v) is 10.9. The molecule has 0 aliphatic rings. The number of nitrogens with one attached hydrogen (secondary N) is 1. The fraction of sp³-hybridized carbons (Fsp3) is 0.700. The summed E-state index contributed by atoms with van der Waals surface area (Å²) >= 11 is 1.61. The van der Waals surface area contributed by atoms with Crippen molar-refractivity contribution < 1.29 is 0 Å². The van der Waals surface area contributed by atoms with Crippen molar-refractivity contribution in [1.29, 1.82) is 0 Å². The van der Waals surface area contributed by atoms with Crippen molar-refractivity contribution in [2.24, 2.45) is 0 Å². The van der Waals surface area contributed by atoms with Crippen LogP contribution < -0.4 is 5.32 Å². The molecule has 0 saturated carbocycles. The predicted molar refractivity (Wildman–Crippen MR) is 64.9 cm³/mol. The van der Waals surface area contributed by atoms with Crippen molar-refractivity contribution in [2.45, 2.75) is 39.7 Å². The molecule has 0 atom stereocenters. The lowest BCUT2D eigenvalue weighted by molar-refractivity contribution is 0.429. The number of hydrogen-bond acceptors (Lipinski definition) is 5. The van der Waals surface area contributed by atoms with Gasteiger partial charge in [-0.2, -0.15) is 9.61 Å². The van der Waals surface area contributed by atoms with E-state index in [0.717, 1.165) is 28.8 Å². The molecule has 2 rings (SSSR count). The van der Waals surface area contributed by atoms with Crippen molar-refractivity contribution in [2.75, 3.05) is 6.54 Å². The first-order valence-electron chi connectivity index (χ1n) is 5.38. The Morgan fingerprint density at radius 1 is 1.31 bits per heavy atom. The minimum absolute atomic E-state index is 0.162. The molecule has 0 aliphatic heterocycles. The molecule has 0 spiro atoms. The van der Waals surface area contributed by atoms with Crippen LogP contribution in [0.3, 0.4) is 0 Å². The fourth-order valence-corrected chi connectivity index (χ4v) is 2.28. The van der Waals surface area contributed by atoms with Gasteiger partial charge in [0.2, 0.25) is 4.96 Å². The summed E-state index contributed by atoms with van der Waals surface area (Å²) in [6.45, 7) is 9.34. The van der Waals surface area contributed by atoms with E-state index in [1.165, 1.54) is 0 Å². The van der Waals surface area contributed by atoms with Crippen molar-refractivity contribution in [3.8, 4) is 0 Å². The lowest BCUT2D eigenvalue weighted by Crippen LogP contribution is -2.37. The largest absolute Gasteiger partial charge is 0.312 e. The van der Waals surface area contributed by atoms with E-state index in [9.17, 15) is 0 Å². The Balaban J connectivity index is 2.00. The number of rotatable bonds is 3. The second-order valence-corrected chi connectivity index (χ2v) is 5.90. The van der Waals surface area contributed by atoms with Gasteiger partial charge in [-0.15, -0.1) is 10.2 Å². The van der Waals surface area contributed by atoms with Crippen molar-refractivity contribution in [3.63, 3.8) is 0 Å². The summed E-state index contributed by atoms with van der Waals surface area (Å²) in [5, 5.41) is 17.0. The molecular weight excluding hydrogens is 222 g/mol. The van der Waals surface area contributed by atoms with Crippen molar-refractivity contribution >= 4 is 16.3 Å². The SMILES string of the molecule is Cc1nnc2sc(CCNC(C)(C)C)nn12. The first-order valence-corrected chi connectivity index (χ1v) is 6.20. The Kier molecular flexibility index (Phi) is 2.94. The van der Waals surface area contributed by atoms with E-state index < -0.39 is 0 Å². The highest BCUT2D eigenvalue weighted by Crippen LogP contribution is 2.13. The Labute approximate surface area is 98.9 Å². The Morgan fingerprint density at radius 3 is 2.69 bits per heavy atom. The van der Waals surface area contributed by atoms with Gasteiger partial charge in [-0.3, -0.25) is 0 Å². The predicted octanol–water partition coefficient (Wildman–Crippen LogP) is 1.42. The number of aromatic nitrogens is 4. The Bertz CT molecular complexity index is 479. The highest BCUT2D eigenvalue weighted by atomic mass is 32.1. The highest BCUT2D eigenvalue weighted by molar-refractivity contribution is 7.16. The molecule has 6 heteroatoms. The van der Waals surface area contributed by atoms with Crippen molar-refractivity contribution in [3.05, 3.63) is 10.8 Å². The third-order valence-electron chi connectivity index (χ3n) is 2.18. The van der Waals surface area contributed by atoms with Gasteiger partial charge in [-0.05, 0) is 27.7 Å². The zero-order valence-electron chi connectivity index (χ0n) is 10.1.